The van der Waals surface area contributed by atoms with Crippen LogP contribution in [0.1, 0.15) is 36.5 Å². The summed E-state index contributed by atoms with van der Waals surface area (Å²) in [5.74, 6) is 1.65. The molecular weight excluding hydrogens is 426 g/mol. The zero-order valence-electron chi connectivity index (χ0n) is 20.0. The molecule has 1 saturated carbocycles. The SMILES string of the molecule is CO[C@]12C=C[C@@]3(C[C@@H]1C(C)=O)[C@H]1Cc4ccc(OCc5ccccc5)c5c4C3(CCN1C)[C@H]2O5. The Morgan fingerprint density at radius 1 is 1.18 bits per heavy atom. The van der Waals surface area contributed by atoms with Crippen molar-refractivity contribution in [3.8, 4) is 11.5 Å². The molecule has 6 atom stereocenters. The largest absolute Gasteiger partial charge is 0.485 e. The fourth-order valence-corrected chi connectivity index (χ4v) is 8.35. The molecule has 176 valence electrons. The van der Waals surface area contributed by atoms with Crippen molar-refractivity contribution < 1.29 is 19.0 Å². The van der Waals surface area contributed by atoms with Crippen LogP contribution in [-0.4, -0.2) is 49.1 Å². The highest BCUT2D eigenvalue weighted by atomic mass is 16.6. The van der Waals surface area contributed by atoms with E-state index in [9.17, 15) is 4.79 Å². The van der Waals surface area contributed by atoms with Gasteiger partial charge in [0.25, 0.3) is 0 Å². The summed E-state index contributed by atoms with van der Waals surface area (Å²) in [4.78, 5) is 15.5. The first-order valence-electron chi connectivity index (χ1n) is 12.4. The molecule has 8 rings (SSSR count). The fourth-order valence-electron chi connectivity index (χ4n) is 8.35. The predicted octanol–water partition coefficient (Wildman–Crippen LogP) is 4.07. The molecule has 1 unspecified atom stereocenters. The molecule has 0 N–H and O–H groups in total. The average molecular weight is 458 g/mol. The summed E-state index contributed by atoms with van der Waals surface area (Å²) in [5.41, 5.74) is 2.72. The minimum absolute atomic E-state index is 0.141. The van der Waals surface area contributed by atoms with E-state index in [0.717, 1.165) is 42.9 Å². The monoisotopic (exact) mass is 457 g/mol. The van der Waals surface area contributed by atoms with Crippen LogP contribution in [0.25, 0.3) is 0 Å². The number of likely N-dealkylation sites (tertiary alicyclic amines) is 1. The molecule has 4 aliphatic carbocycles. The van der Waals surface area contributed by atoms with Crippen molar-refractivity contribution in [3.63, 3.8) is 0 Å². The van der Waals surface area contributed by atoms with Crippen LogP contribution < -0.4 is 9.47 Å². The number of methoxy groups -OCH3 is 1. The second-order valence-corrected chi connectivity index (χ2v) is 10.9. The van der Waals surface area contributed by atoms with E-state index >= 15 is 0 Å². The van der Waals surface area contributed by atoms with E-state index in [1.807, 2.05) is 18.2 Å². The number of carbonyl (C=O) groups is 1. The number of ketones is 1. The van der Waals surface area contributed by atoms with Gasteiger partial charge in [-0.3, -0.25) is 4.79 Å². The van der Waals surface area contributed by atoms with Crippen LogP contribution in [0.5, 0.6) is 11.5 Å². The van der Waals surface area contributed by atoms with Gasteiger partial charge in [0.15, 0.2) is 11.5 Å². The van der Waals surface area contributed by atoms with Crippen molar-refractivity contribution in [3.05, 3.63) is 71.3 Å². The zero-order valence-corrected chi connectivity index (χ0v) is 20.0. The number of benzene rings is 2. The number of carbonyl (C=O) groups excluding carboxylic acids is 1. The van der Waals surface area contributed by atoms with E-state index in [4.69, 9.17) is 14.2 Å². The maximum atomic E-state index is 13.0. The Morgan fingerprint density at radius 3 is 2.76 bits per heavy atom. The van der Waals surface area contributed by atoms with Crippen LogP contribution in [0.2, 0.25) is 0 Å². The Balaban J connectivity index is 1.42. The van der Waals surface area contributed by atoms with Crippen molar-refractivity contribution in [2.75, 3.05) is 20.7 Å². The Morgan fingerprint density at radius 2 is 2.00 bits per heavy atom. The molecule has 2 spiro atoms. The number of nitrogens with zero attached hydrogens (tertiary/aromatic N) is 1. The molecule has 2 aromatic rings. The zero-order chi connectivity index (χ0) is 23.3. The van der Waals surface area contributed by atoms with Gasteiger partial charge >= 0.3 is 0 Å². The van der Waals surface area contributed by atoms with Gasteiger partial charge in [-0.2, -0.15) is 0 Å². The minimum Gasteiger partial charge on any atom is -0.485 e. The van der Waals surface area contributed by atoms with Gasteiger partial charge in [0.05, 0.1) is 11.3 Å². The molecule has 2 heterocycles. The summed E-state index contributed by atoms with van der Waals surface area (Å²) in [7, 11) is 3.98. The number of Topliss-reactive ketones (excluding diaryl/α,β-unsaturated/α-hetero) is 1. The molecule has 2 fully saturated rings. The van der Waals surface area contributed by atoms with Crippen LogP contribution in [0, 0.1) is 11.3 Å². The van der Waals surface area contributed by atoms with Gasteiger partial charge in [0, 0.05) is 24.1 Å². The second-order valence-electron chi connectivity index (χ2n) is 10.9. The quantitative estimate of drug-likeness (QED) is 0.634. The number of hydrogen-bond donors (Lipinski definition) is 0. The Bertz CT molecular complexity index is 1220. The highest BCUT2D eigenvalue weighted by Gasteiger charge is 2.79. The van der Waals surface area contributed by atoms with E-state index in [-0.39, 0.29) is 28.6 Å². The normalized spacial score (nSPS) is 38.4. The topological polar surface area (TPSA) is 48.0 Å². The minimum atomic E-state index is -0.752. The maximum Gasteiger partial charge on any atom is 0.166 e. The maximum absolute atomic E-state index is 13.0. The Labute approximate surface area is 200 Å². The molecule has 0 radical (unpaired) electrons. The van der Waals surface area contributed by atoms with Gasteiger partial charge in [-0.1, -0.05) is 48.6 Å². The molecule has 5 heteroatoms. The molecule has 2 aliphatic heterocycles. The third-order valence-corrected chi connectivity index (χ3v) is 9.79. The van der Waals surface area contributed by atoms with Crippen molar-refractivity contribution >= 4 is 5.78 Å². The third kappa shape index (κ3) is 2.21. The van der Waals surface area contributed by atoms with E-state index in [1.165, 1.54) is 11.1 Å². The first-order valence-corrected chi connectivity index (χ1v) is 12.4. The molecule has 6 aliphatic rings. The van der Waals surface area contributed by atoms with Gasteiger partial charge in [-0.25, -0.2) is 0 Å². The molecule has 0 amide bonds. The number of piperidine rings is 1. The van der Waals surface area contributed by atoms with Crippen LogP contribution in [0.15, 0.2) is 54.6 Å². The lowest BCUT2D eigenvalue weighted by atomic mass is 9.37. The van der Waals surface area contributed by atoms with Gasteiger partial charge in [-0.05, 0) is 57.0 Å². The third-order valence-electron chi connectivity index (χ3n) is 9.79. The first kappa shape index (κ1) is 20.7. The summed E-state index contributed by atoms with van der Waals surface area (Å²) in [6, 6.07) is 14.9. The second kappa shape index (κ2) is 6.73. The Kier molecular flexibility index (Phi) is 4.10. The number of likely N-dealkylation sites (N-methyl/N-ethyl adjacent to an activating group) is 1. The van der Waals surface area contributed by atoms with Crippen LogP contribution in [0.3, 0.4) is 0 Å². The van der Waals surface area contributed by atoms with Gasteiger partial charge < -0.3 is 19.1 Å². The Hall–Kier alpha value is -2.63. The van der Waals surface area contributed by atoms with Crippen LogP contribution in [0.4, 0.5) is 0 Å². The summed E-state index contributed by atoms with van der Waals surface area (Å²) >= 11 is 0. The van der Waals surface area contributed by atoms with Crippen molar-refractivity contribution in [2.24, 2.45) is 11.3 Å². The summed E-state index contributed by atoms with van der Waals surface area (Å²) < 4.78 is 19.6. The van der Waals surface area contributed by atoms with E-state index in [1.54, 1.807) is 14.0 Å². The van der Waals surface area contributed by atoms with Gasteiger partial charge in [-0.15, -0.1) is 0 Å². The molecule has 0 aromatic heterocycles. The predicted molar refractivity (Wildman–Crippen MR) is 128 cm³/mol. The molecule has 5 nitrogen and oxygen atoms in total. The van der Waals surface area contributed by atoms with Crippen molar-refractivity contribution in [1.29, 1.82) is 0 Å². The lowest BCUT2D eigenvalue weighted by Gasteiger charge is -2.70. The van der Waals surface area contributed by atoms with E-state index in [2.05, 4.69) is 48.4 Å². The lowest BCUT2D eigenvalue weighted by Crippen LogP contribution is -2.79. The number of hydrogen-bond acceptors (Lipinski definition) is 5. The standard InChI is InChI=1S/C29H31NO4/c1-18(31)21-16-27-11-12-29(21,32-3)26-28(27)13-14-30(2)23(27)15-20-9-10-22(25(34-26)24(20)28)33-17-19-7-5-4-6-8-19/h4-12,21,23,26H,13-17H2,1-3H3/t21-,23-,26-,27-,28?,29-/m1/s1. The number of rotatable bonds is 5. The van der Waals surface area contributed by atoms with E-state index in [0.29, 0.717) is 12.6 Å². The molecule has 34 heavy (non-hydrogen) atoms. The lowest BCUT2D eigenvalue weighted by molar-refractivity contribution is -0.212. The molecule has 4 bridgehead atoms. The van der Waals surface area contributed by atoms with Gasteiger partial charge in [0.2, 0.25) is 0 Å². The van der Waals surface area contributed by atoms with Crippen molar-refractivity contribution in [2.45, 2.75) is 56.0 Å². The number of ether oxygens (including phenoxy) is 3. The fraction of sp³-hybridized carbons (Fsp3) is 0.483. The molecule has 2 aromatic carbocycles. The molecular formula is C29H31NO4. The highest BCUT2D eigenvalue weighted by Crippen LogP contribution is 2.74. The van der Waals surface area contributed by atoms with Crippen LogP contribution >= 0.6 is 0 Å². The summed E-state index contributed by atoms with van der Waals surface area (Å²) in [6.45, 7) is 3.22. The summed E-state index contributed by atoms with van der Waals surface area (Å²) in [6.07, 6.45) is 7.13. The smallest absolute Gasteiger partial charge is 0.166 e. The van der Waals surface area contributed by atoms with Crippen molar-refractivity contribution in [1.82, 2.24) is 4.90 Å². The average Bonchev–Trinajstić information content (AvgIpc) is 3.23. The first-order chi connectivity index (χ1) is 16.5. The summed E-state index contributed by atoms with van der Waals surface area (Å²) in [5, 5.41) is 0. The molecule has 1 saturated heterocycles. The highest BCUT2D eigenvalue weighted by molar-refractivity contribution is 5.82. The van der Waals surface area contributed by atoms with E-state index < -0.39 is 5.60 Å². The van der Waals surface area contributed by atoms with Gasteiger partial charge in [0.1, 0.15) is 24.1 Å². The number of fused-ring (bicyclic) bond motifs is 1. The van der Waals surface area contributed by atoms with Crippen LogP contribution in [-0.2, 0) is 28.0 Å².